The van der Waals surface area contributed by atoms with Crippen LogP contribution in [0, 0.1) is 0 Å². The summed E-state index contributed by atoms with van der Waals surface area (Å²) >= 11 is 4.19. The molecule has 1 rings (SSSR count). The van der Waals surface area contributed by atoms with Gasteiger partial charge in [0.2, 0.25) is 0 Å². The molecule has 0 aromatic carbocycles. The van der Waals surface area contributed by atoms with Gasteiger partial charge in [-0.15, -0.1) is 0 Å². The lowest BCUT2D eigenvalue weighted by Crippen LogP contribution is -2.39. The third-order valence-electron chi connectivity index (χ3n) is 1.25. The van der Waals surface area contributed by atoms with Gasteiger partial charge in [-0.3, -0.25) is 0 Å². The van der Waals surface area contributed by atoms with Crippen molar-refractivity contribution < 1.29 is 9.47 Å². The Morgan fingerprint density at radius 1 is 1.33 bits per heavy atom. The highest BCUT2D eigenvalue weighted by Crippen LogP contribution is 2.18. The maximum Gasteiger partial charge on any atom is 0.162 e. The van der Waals surface area contributed by atoms with Crippen LogP contribution in [0.3, 0.4) is 0 Å². The van der Waals surface area contributed by atoms with E-state index in [9.17, 15) is 0 Å². The quantitative estimate of drug-likeness (QED) is 0.518. The zero-order valence-corrected chi connectivity index (χ0v) is 6.65. The predicted octanol–water partition coefficient (Wildman–Crippen LogP) is 1.07. The Bertz CT molecular complexity index is 93.2. The molecule has 0 N–H and O–H groups in total. The first kappa shape index (κ1) is 7.38. The number of hydrogen-bond donors (Lipinski definition) is 1. The van der Waals surface area contributed by atoms with Crippen molar-refractivity contribution in [3.63, 3.8) is 0 Å². The summed E-state index contributed by atoms with van der Waals surface area (Å²) in [7, 11) is 0. The minimum atomic E-state index is -0.390. The summed E-state index contributed by atoms with van der Waals surface area (Å²) in [6.45, 7) is 5.20. The summed E-state index contributed by atoms with van der Waals surface area (Å²) in [6.07, 6.45) is 0. The molecule has 9 heavy (non-hydrogen) atoms. The second-order valence-electron chi connectivity index (χ2n) is 2.68. The zero-order valence-electron chi connectivity index (χ0n) is 5.76. The van der Waals surface area contributed by atoms with E-state index in [1.54, 1.807) is 0 Å². The molecule has 0 amide bonds. The molecular weight excluding hydrogens is 136 g/mol. The van der Waals surface area contributed by atoms with Gasteiger partial charge in [0.15, 0.2) is 5.79 Å². The molecule has 0 aromatic heterocycles. The van der Waals surface area contributed by atoms with E-state index in [0.29, 0.717) is 13.2 Å². The van der Waals surface area contributed by atoms with Crippen molar-refractivity contribution >= 4 is 12.6 Å². The summed E-state index contributed by atoms with van der Waals surface area (Å²) in [5, 5.41) is 0.248. The van der Waals surface area contributed by atoms with Gasteiger partial charge in [-0.2, -0.15) is 12.6 Å². The highest BCUT2D eigenvalue weighted by Gasteiger charge is 2.25. The highest BCUT2D eigenvalue weighted by molar-refractivity contribution is 7.81. The van der Waals surface area contributed by atoms with Crippen LogP contribution in [0.2, 0.25) is 0 Å². The van der Waals surface area contributed by atoms with Crippen LogP contribution in [0.1, 0.15) is 13.8 Å². The smallest absolute Gasteiger partial charge is 0.162 e. The molecule has 3 heteroatoms. The zero-order chi connectivity index (χ0) is 6.91. The SMILES string of the molecule is CC1(C)OCC(S)CO1. The Hall–Kier alpha value is 0.270. The molecule has 0 atom stereocenters. The summed E-state index contributed by atoms with van der Waals surface area (Å²) in [5.41, 5.74) is 0. The molecule has 0 bridgehead atoms. The maximum absolute atomic E-state index is 5.28. The van der Waals surface area contributed by atoms with Gasteiger partial charge in [0.05, 0.1) is 13.2 Å². The standard InChI is InChI=1S/C6H12O2S/c1-6(2)7-3-5(9)4-8-6/h5,9H,3-4H2,1-2H3. The normalized spacial score (nSPS) is 28.3. The van der Waals surface area contributed by atoms with Gasteiger partial charge < -0.3 is 9.47 Å². The van der Waals surface area contributed by atoms with Crippen LogP contribution in [0.15, 0.2) is 0 Å². The Balaban J connectivity index is 2.35. The molecule has 2 nitrogen and oxygen atoms in total. The van der Waals surface area contributed by atoms with Gasteiger partial charge in [-0.1, -0.05) is 0 Å². The minimum Gasteiger partial charge on any atom is -0.349 e. The van der Waals surface area contributed by atoms with Crippen LogP contribution in [0.4, 0.5) is 0 Å². The number of thiol groups is 1. The number of rotatable bonds is 0. The van der Waals surface area contributed by atoms with E-state index in [4.69, 9.17) is 9.47 Å². The van der Waals surface area contributed by atoms with E-state index in [1.807, 2.05) is 13.8 Å². The molecule has 1 aliphatic heterocycles. The van der Waals surface area contributed by atoms with Crippen molar-refractivity contribution in [3.8, 4) is 0 Å². The predicted molar refractivity (Wildman–Crippen MR) is 38.8 cm³/mol. The van der Waals surface area contributed by atoms with Gasteiger partial charge in [0, 0.05) is 5.25 Å². The van der Waals surface area contributed by atoms with Crippen LogP contribution in [-0.4, -0.2) is 24.3 Å². The number of hydrogen-bond acceptors (Lipinski definition) is 3. The van der Waals surface area contributed by atoms with E-state index in [-0.39, 0.29) is 11.0 Å². The lowest BCUT2D eigenvalue weighted by atomic mass is 10.3. The second kappa shape index (κ2) is 2.48. The summed E-state index contributed by atoms with van der Waals surface area (Å²) in [4.78, 5) is 0. The van der Waals surface area contributed by atoms with Gasteiger partial charge in [-0.05, 0) is 13.8 Å². The molecule has 0 spiro atoms. The number of ether oxygens (including phenoxy) is 2. The van der Waals surface area contributed by atoms with Crippen molar-refractivity contribution in [2.45, 2.75) is 24.9 Å². The highest BCUT2D eigenvalue weighted by atomic mass is 32.1. The van der Waals surface area contributed by atoms with Crippen LogP contribution >= 0.6 is 12.6 Å². The molecule has 54 valence electrons. The molecule has 0 aliphatic carbocycles. The van der Waals surface area contributed by atoms with E-state index < -0.39 is 0 Å². The van der Waals surface area contributed by atoms with Gasteiger partial charge in [0.1, 0.15) is 0 Å². The third kappa shape index (κ3) is 2.16. The monoisotopic (exact) mass is 148 g/mol. The first-order chi connectivity index (χ1) is 4.10. The molecule has 0 aromatic rings. The topological polar surface area (TPSA) is 18.5 Å². The van der Waals surface area contributed by atoms with E-state index in [0.717, 1.165) is 0 Å². The second-order valence-corrected chi connectivity index (χ2v) is 3.41. The maximum atomic E-state index is 5.28. The van der Waals surface area contributed by atoms with Crippen LogP contribution in [0.25, 0.3) is 0 Å². The Labute approximate surface area is 60.9 Å². The average molecular weight is 148 g/mol. The molecule has 1 aliphatic rings. The Morgan fingerprint density at radius 3 is 2.11 bits per heavy atom. The summed E-state index contributed by atoms with van der Waals surface area (Å²) in [5.74, 6) is -0.390. The third-order valence-corrected chi connectivity index (χ3v) is 1.54. The molecule has 0 saturated carbocycles. The average Bonchev–Trinajstić information content (AvgIpc) is 1.78. The van der Waals surface area contributed by atoms with Crippen molar-refractivity contribution in [1.82, 2.24) is 0 Å². The fourth-order valence-corrected chi connectivity index (χ4v) is 0.833. The Morgan fingerprint density at radius 2 is 1.78 bits per heavy atom. The molecule has 1 fully saturated rings. The first-order valence-corrected chi connectivity index (χ1v) is 3.58. The fourth-order valence-electron chi connectivity index (χ4n) is 0.684. The lowest BCUT2D eigenvalue weighted by molar-refractivity contribution is -0.241. The fraction of sp³-hybridized carbons (Fsp3) is 1.00. The van der Waals surface area contributed by atoms with Crippen LogP contribution < -0.4 is 0 Å². The Kier molecular flexibility index (Phi) is 2.03. The van der Waals surface area contributed by atoms with Crippen molar-refractivity contribution in [2.24, 2.45) is 0 Å². The van der Waals surface area contributed by atoms with Crippen molar-refractivity contribution in [1.29, 1.82) is 0 Å². The first-order valence-electron chi connectivity index (χ1n) is 3.06. The van der Waals surface area contributed by atoms with E-state index in [2.05, 4.69) is 12.6 Å². The molecule has 0 radical (unpaired) electrons. The van der Waals surface area contributed by atoms with Gasteiger partial charge >= 0.3 is 0 Å². The summed E-state index contributed by atoms with van der Waals surface area (Å²) < 4.78 is 10.6. The van der Waals surface area contributed by atoms with E-state index in [1.165, 1.54) is 0 Å². The molecule has 0 unspecified atom stereocenters. The van der Waals surface area contributed by atoms with E-state index >= 15 is 0 Å². The van der Waals surface area contributed by atoms with Gasteiger partial charge in [0.25, 0.3) is 0 Å². The van der Waals surface area contributed by atoms with Crippen molar-refractivity contribution in [2.75, 3.05) is 13.2 Å². The molecule has 1 saturated heterocycles. The van der Waals surface area contributed by atoms with Gasteiger partial charge in [-0.25, -0.2) is 0 Å². The molecule has 1 heterocycles. The van der Waals surface area contributed by atoms with Crippen LogP contribution in [0.5, 0.6) is 0 Å². The minimum absolute atomic E-state index is 0.248. The van der Waals surface area contributed by atoms with Crippen LogP contribution in [-0.2, 0) is 9.47 Å². The van der Waals surface area contributed by atoms with Crippen molar-refractivity contribution in [3.05, 3.63) is 0 Å². The molecular formula is C6H12O2S. The summed E-state index contributed by atoms with van der Waals surface area (Å²) in [6, 6.07) is 0. The largest absolute Gasteiger partial charge is 0.349 e. The lowest BCUT2D eigenvalue weighted by Gasteiger charge is -2.32.